The fraction of sp³-hybridized carbons (Fsp3) is 0.364. The lowest BCUT2D eigenvalue weighted by molar-refractivity contribution is -0.116. The van der Waals surface area contributed by atoms with E-state index >= 15 is 0 Å². The van der Waals surface area contributed by atoms with E-state index in [9.17, 15) is 4.79 Å². The Bertz CT molecular complexity index is 379. The number of carbonyl (C=O) groups excluding carboxylic acids is 1. The number of hydrogen-bond acceptors (Lipinski definition) is 1. The van der Waals surface area contributed by atoms with Crippen LogP contribution in [0.3, 0.4) is 0 Å². The maximum absolute atomic E-state index is 11.2. The van der Waals surface area contributed by atoms with Crippen LogP contribution in [0, 0.1) is 0 Å². The molecule has 15 heavy (non-hydrogen) atoms. The summed E-state index contributed by atoms with van der Waals surface area (Å²) < 4.78 is 0. The van der Waals surface area contributed by atoms with Crippen molar-refractivity contribution in [2.24, 2.45) is 0 Å². The number of ketones is 1. The molecule has 0 amide bonds. The summed E-state index contributed by atoms with van der Waals surface area (Å²) in [4.78, 5) is 11.0. The van der Waals surface area contributed by atoms with Crippen LogP contribution in [0.5, 0.6) is 0 Å². The quantitative estimate of drug-likeness (QED) is 0.754. The van der Waals surface area contributed by atoms with Crippen molar-refractivity contribution < 1.29 is 4.79 Å². The van der Waals surface area contributed by atoms with Gasteiger partial charge in [-0.05, 0) is 30.7 Å². The largest absolute Gasteiger partial charge is 0.299 e. The van der Waals surface area contributed by atoms with Gasteiger partial charge in [0.05, 0.1) is 4.83 Å². The molecule has 0 aromatic heterocycles. The van der Waals surface area contributed by atoms with E-state index in [1.807, 2.05) is 6.92 Å². The van der Waals surface area contributed by atoms with E-state index in [4.69, 9.17) is 23.2 Å². The summed E-state index contributed by atoms with van der Waals surface area (Å²) in [5.41, 5.74) is 0.890. The second-order valence-corrected chi connectivity index (χ2v) is 5.30. The SMILES string of the molecule is CC(=O)C(Br)C(C)c1cc(Cl)ccc1Cl. The van der Waals surface area contributed by atoms with Crippen molar-refractivity contribution >= 4 is 44.9 Å². The second-order valence-electron chi connectivity index (χ2n) is 3.47. The van der Waals surface area contributed by atoms with Gasteiger partial charge in [-0.3, -0.25) is 4.79 Å². The number of carbonyl (C=O) groups is 1. The summed E-state index contributed by atoms with van der Waals surface area (Å²) >= 11 is 15.3. The van der Waals surface area contributed by atoms with Crippen molar-refractivity contribution in [1.29, 1.82) is 0 Å². The molecular formula is C11H11BrCl2O. The smallest absolute Gasteiger partial charge is 0.144 e. The first kappa shape index (κ1) is 13.0. The lowest BCUT2D eigenvalue weighted by Crippen LogP contribution is -2.17. The molecule has 2 unspecified atom stereocenters. The summed E-state index contributed by atoms with van der Waals surface area (Å²) in [6, 6.07) is 5.28. The van der Waals surface area contributed by atoms with Gasteiger partial charge in [0.2, 0.25) is 0 Å². The monoisotopic (exact) mass is 308 g/mol. The van der Waals surface area contributed by atoms with Crippen LogP contribution >= 0.6 is 39.1 Å². The van der Waals surface area contributed by atoms with Crippen molar-refractivity contribution in [3.63, 3.8) is 0 Å². The van der Waals surface area contributed by atoms with Gasteiger partial charge in [0.1, 0.15) is 5.78 Å². The topological polar surface area (TPSA) is 17.1 Å². The van der Waals surface area contributed by atoms with Crippen molar-refractivity contribution in [2.75, 3.05) is 0 Å². The van der Waals surface area contributed by atoms with Crippen LogP contribution < -0.4 is 0 Å². The standard InChI is InChI=1S/C11H11BrCl2O/c1-6(11(12)7(2)15)9-5-8(13)3-4-10(9)14/h3-6,11H,1-2H3. The molecule has 0 saturated heterocycles. The fourth-order valence-corrected chi connectivity index (χ4v) is 2.13. The highest BCUT2D eigenvalue weighted by Crippen LogP contribution is 2.32. The Morgan fingerprint density at radius 2 is 2.00 bits per heavy atom. The number of Topliss-reactive ketones (excluding diaryl/α,β-unsaturated/α-hetero) is 1. The highest BCUT2D eigenvalue weighted by atomic mass is 79.9. The first-order valence-electron chi connectivity index (χ1n) is 4.53. The Labute approximate surface area is 108 Å². The average molecular weight is 310 g/mol. The van der Waals surface area contributed by atoms with Crippen LogP contribution in [-0.4, -0.2) is 10.6 Å². The number of rotatable bonds is 3. The van der Waals surface area contributed by atoms with Crippen LogP contribution in [0.15, 0.2) is 18.2 Å². The van der Waals surface area contributed by atoms with E-state index in [2.05, 4.69) is 15.9 Å². The Balaban J connectivity index is 3.04. The molecule has 0 heterocycles. The number of alkyl halides is 1. The third-order valence-electron chi connectivity index (χ3n) is 2.28. The minimum absolute atomic E-state index is 0.00806. The minimum Gasteiger partial charge on any atom is -0.299 e. The van der Waals surface area contributed by atoms with E-state index in [0.717, 1.165) is 5.56 Å². The van der Waals surface area contributed by atoms with Crippen LogP contribution in [0.4, 0.5) is 0 Å². The molecular weight excluding hydrogens is 299 g/mol. The van der Waals surface area contributed by atoms with Crippen molar-refractivity contribution in [3.05, 3.63) is 33.8 Å². The maximum atomic E-state index is 11.2. The zero-order valence-electron chi connectivity index (χ0n) is 8.43. The second kappa shape index (κ2) is 5.33. The molecule has 0 fully saturated rings. The van der Waals surface area contributed by atoms with Gasteiger partial charge in [0, 0.05) is 16.0 Å². The molecule has 0 bridgehead atoms. The van der Waals surface area contributed by atoms with E-state index < -0.39 is 0 Å². The molecule has 0 N–H and O–H groups in total. The molecule has 4 heteroatoms. The summed E-state index contributed by atoms with van der Waals surface area (Å²) in [5, 5.41) is 1.27. The molecule has 82 valence electrons. The van der Waals surface area contributed by atoms with E-state index in [1.54, 1.807) is 25.1 Å². The number of hydrogen-bond donors (Lipinski definition) is 0. The Morgan fingerprint density at radius 3 is 2.53 bits per heavy atom. The summed E-state index contributed by atoms with van der Waals surface area (Å²) in [7, 11) is 0. The van der Waals surface area contributed by atoms with Crippen molar-refractivity contribution in [2.45, 2.75) is 24.6 Å². The van der Waals surface area contributed by atoms with Gasteiger partial charge in [0.25, 0.3) is 0 Å². The van der Waals surface area contributed by atoms with Crippen LogP contribution in [0.1, 0.15) is 25.3 Å². The van der Waals surface area contributed by atoms with E-state index in [0.29, 0.717) is 10.0 Å². The molecule has 0 aliphatic heterocycles. The first-order valence-corrected chi connectivity index (χ1v) is 6.20. The molecule has 0 aliphatic carbocycles. The van der Waals surface area contributed by atoms with Crippen LogP contribution in [0.2, 0.25) is 10.0 Å². The Kier molecular flexibility index (Phi) is 4.63. The van der Waals surface area contributed by atoms with E-state index in [-0.39, 0.29) is 16.5 Å². The van der Waals surface area contributed by atoms with Gasteiger partial charge in [-0.25, -0.2) is 0 Å². The molecule has 1 nitrogen and oxygen atoms in total. The van der Waals surface area contributed by atoms with Gasteiger partial charge >= 0.3 is 0 Å². The molecule has 0 radical (unpaired) electrons. The van der Waals surface area contributed by atoms with Crippen molar-refractivity contribution in [3.8, 4) is 0 Å². The zero-order valence-corrected chi connectivity index (χ0v) is 11.5. The van der Waals surface area contributed by atoms with Gasteiger partial charge in [-0.15, -0.1) is 0 Å². The molecule has 1 aromatic carbocycles. The third-order valence-corrected chi connectivity index (χ3v) is 4.29. The highest BCUT2D eigenvalue weighted by molar-refractivity contribution is 9.10. The zero-order chi connectivity index (χ0) is 11.6. The lowest BCUT2D eigenvalue weighted by Gasteiger charge is -2.17. The molecule has 2 atom stereocenters. The van der Waals surface area contributed by atoms with Crippen LogP contribution in [-0.2, 0) is 4.79 Å². The summed E-state index contributed by atoms with van der Waals surface area (Å²) in [6.45, 7) is 3.49. The van der Waals surface area contributed by atoms with Gasteiger partial charge in [0.15, 0.2) is 0 Å². The fourth-order valence-electron chi connectivity index (χ4n) is 1.37. The summed E-state index contributed by atoms with van der Waals surface area (Å²) in [6.07, 6.45) is 0. The highest BCUT2D eigenvalue weighted by Gasteiger charge is 2.22. The van der Waals surface area contributed by atoms with Crippen molar-refractivity contribution in [1.82, 2.24) is 0 Å². The third kappa shape index (κ3) is 3.20. The molecule has 0 saturated carbocycles. The number of halogens is 3. The predicted octanol–water partition coefficient (Wildman–Crippen LogP) is 4.45. The predicted molar refractivity (Wildman–Crippen MR) is 68.3 cm³/mol. The summed E-state index contributed by atoms with van der Waals surface area (Å²) in [5.74, 6) is 0.0900. The van der Waals surface area contributed by atoms with Gasteiger partial charge in [-0.2, -0.15) is 0 Å². The Hall–Kier alpha value is -0.0500. The van der Waals surface area contributed by atoms with Gasteiger partial charge < -0.3 is 0 Å². The van der Waals surface area contributed by atoms with Crippen LogP contribution in [0.25, 0.3) is 0 Å². The lowest BCUT2D eigenvalue weighted by atomic mass is 9.96. The number of benzene rings is 1. The normalized spacial score (nSPS) is 14.7. The maximum Gasteiger partial charge on any atom is 0.144 e. The molecule has 0 spiro atoms. The average Bonchev–Trinajstić information content (AvgIpc) is 2.19. The minimum atomic E-state index is -0.228. The van der Waals surface area contributed by atoms with Gasteiger partial charge in [-0.1, -0.05) is 46.1 Å². The van der Waals surface area contributed by atoms with E-state index in [1.165, 1.54) is 0 Å². The first-order chi connectivity index (χ1) is 6.93. The Morgan fingerprint density at radius 1 is 1.40 bits per heavy atom. The molecule has 1 rings (SSSR count). The molecule has 0 aliphatic rings. The molecule has 1 aromatic rings.